The van der Waals surface area contributed by atoms with Gasteiger partial charge in [-0.25, -0.2) is 8.42 Å². The van der Waals surface area contributed by atoms with Crippen molar-refractivity contribution in [1.82, 2.24) is 14.9 Å². The number of sulfonamides is 1. The van der Waals surface area contributed by atoms with Gasteiger partial charge in [0.25, 0.3) is 5.91 Å². The van der Waals surface area contributed by atoms with Crippen molar-refractivity contribution in [3.8, 4) is 0 Å². The molecule has 1 fully saturated rings. The molecule has 10 heteroatoms. The SMILES string of the molecule is CCCS(=O)(=O)N1CCCC(NC(=O)[C@H](CC(C)C)NC(=O)c2cc3ccccc3s2)C(=O)C1. The third-order valence-electron chi connectivity index (χ3n) is 5.77. The van der Waals surface area contributed by atoms with Crippen LogP contribution in [0.5, 0.6) is 0 Å². The minimum absolute atomic E-state index is 0.00245. The summed E-state index contributed by atoms with van der Waals surface area (Å²) in [4.78, 5) is 39.3. The molecule has 1 aromatic heterocycles. The van der Waals surface area contributed by atoms with Crippen molar-refractivity contribution in [1.29, 1.82) is 0 Å². The smallest absolute Gasteiger partial charge is 0.262 e. The predicted octanol–water partition coefficient (Wildman–Crippen LogP) is 2.94. The van der Waals surface area contributed by atoms with Gasteiger partial charge in [0.1, 0.15) is 6.04 Å². The second-order valence-electron chi connectivity index (χ2n) is 9.12. The molecule has 34 heavy (non-hydrogen) atoms. The number of fused-ring (bicyclic) bond motifs is 1. The van der Waals surface area contributed by atoms with Crippen LogP contribution in [0.15, 0.2) is 30.3 Å². The summed E-state index contributed by atoms with van der Waals surface area (Å²) in [5.41, 5.74) is 0. The number of benzene rings is 1. The van der Waals surface area contributed by atoms with Crippen molar-refractivity contribution in [3.63, 3.8) is 0 Å². The number of carbonyl (C=O) groups excluding carboxylic acids is 3. The van der Waals surface area contributed by atoms with E-state index in [1.165, 1.54) is 15.6 Å². The van der Waals surface area contributed by atoms with Gasteiger partial charge in [-0.1, -0.05) is 39.0 Å². The van der Waals surface area contributed by atoms with Crippen molar-refractivity contribution in [3.05, 3.63) is 35.2 Å². The Hall–Kier alpha value is -2.30. The molecule has 2 amide bonds. The van der Waals surface area contributed by atoms with E-state index in [0.717, 1.165) is 10.1 Å². The maximum absolute atomic E-state index is 13.1. The fourth-order valence-corrected chi connectivity index (χ4v) is 6.54. The molecule has 1 aliphatic rings. The summed E-state index contributed by atoms with van der Waals surface area (Å²) in [6, 6.07) is 7.93. The highest BCUT2D eigenvalue weighted by Crippen LogP contribution is 2.25. The number of amides is 2. The Bertz CT molecular complexity index is 1110. The number of nitrogens with zero attached hydrogens (tertiary/aromatic N) is 1. The molecule has 0 bridgehead atoms. The van der Waals surface area contributed by atoms with E-state index in [-0.39, 0.29) is 36.5 Å². The molecule has 8 nitrogen and oxygen atoms in total. The number of Topliss-reactive ketones (excluding diaryl/α,β-unsaturated/α-hetero) is 1. The maximum Gasteiger partial charge on any atom is 0.262 e. The van der Waals surface area contributed by atoms with Crippen LogP contribution in [0.4, 0.5) is 0 Å². The van der Waals surface area contributed by atoms with Gasteiger partial charge in [-0.2, -0.15) is 4.31 Å². The Kier molecular flexibility index (Phi) is 8.83. The van der Waals surface area contributed by atoms with Crippen molar-refractivity contribution >= 4 is 49.0 Å². The van der Waals surface area contributed by atoms with Gasteiger partial charge in [0.2, 0.25) is 15.9 Å². The molecule has 0 aliphatic carbocycles. The number of carbonyl (C=O) groups is 3. The lowest BCUT2D eigenvalue weighted by atomic mass is 10.0. The molecule has 2 heterocycles. The molecule has 2 atom stereocenters. The maximum atomic E-state index is 13.1. The lowest BCUT2D eigenvalue weighted by Gasteiger charge is -2.23. The van der Waals surface area contributed by atoms with Gasteiger partial charge in [0.05, 0.1) is 23.2 Å². The fourth-order valence-electron chi connectivity index (χ4n) is 4.07. The first-order valence-corrected chi connectivity index (χ1v) is 14.1. The van der Waals surface area contributed by atoms with Gasteiger partial charge >= 0.3 is 0 Å². The Balaban J connectivity index is 1.68. The van der Waals surface area contributed by atoms with E-state index < -0.39 is 28.0 Å². The van der Waals surface area contributed by atoms with Crippen molar-refractivity contribution in [2.75, 3.05) is 18.8 Å². The molecule has 0 radical (unpaired) electrons. The molecule has 0 saturated carbocycles. The molecule has 1 saturated heterocycles. The van der Waals surface area contributed by atoms with Crippen LogP contribution in [0.25, 0.3) is 10.1 Å². The number of hydrogen-bond donors (Lipinski definition) is 2. The number of hydrogen-bond acceptors (Lipinski definition) is 6. The Morgan fingerprint density at radius 2 is 1.97 bits per heavy atom. The second kappa shape index (κ2) is 11.4. The minimum atomic E-state index is -3.49. The quantitative estimate of drug-likeness (QED) is 0.542. The summed E-state index contributed by atoms with van der Waals surface area (Å²) < 4.78 is 27.0. The first-order valence-electron chi connectivity index (χ1n) is 11.7. The third kappa shape index (κ3) is 6.64. The number of nitrogens with one attached hydrogen (secondary N) is 2. The van der Waals surface area contributed by atoms with E-state index in [4.69, 9.17) is 0 Å². The molecule has 186 valence electrons. The van der Waals surface area contributed by atoms with Crippen LogP contribution in [0, 0.1) is 5.92 Å². The minimum Gasteiger partial charge on any atom is -0.344 e. The Morgan fingerprint density at radius 3 is 2.65 bits per heavy atom. The Labute approximate surface area is 205 Å². The summed E-state index contributed by atoms with van der Waals surface area (Å²) in [5.74, 6) is -0.947. The summed E-state index contributed by atoms with van der Waals surface area (Å²) in [6.07, 6.45) is 1.73. The van der Waals surface area contributed by atoms with Crippen LogP contribution < -0.4 is 10.6 Å². The molecular weight excluding hydrogens is 474 g/mol. The summed E-state index contributed by atoms with van der Waals surface area (Å²) >= 11 is 1.36. The average molecular weight is 508 g/mol. The highest BCUT2D eigenvalue weighted by molar-refractivity contribution is 7.89. The first kappa shape index (κ1) is 26.3. The van der Waals surface area contributed by atoms with E-state index in [2.05, 4.69) is 10.6 Å². The van der Waals surface area contributed by atoms with E-state index >= 15 is 0 Å². The van der Waals surface area contributed by atoms with Crippen LogP contribution >= 0.6 is 11.3 Å². The normalized spacial score (nSPS) is 18.6. The van der Waals surface area contributed by atoms with Crippen molar-refractivity contribution < 1.29 is 22.8 Å². The standard InChI is InChI=1S/C24H33N3O5S2/c1-4-12-34(31,32)27-11-7-9-18(20(28)15-27)25-23(29)19(13-16(2)3)26-24(30)22-14-17-8-5-6-10-21(17)33-22/h5-6,8,10,14,16,18-19H,4,7,9,11-13,15H2,1-3H3,(H,25,29)(H,26,30)/t18?,19-/m0/s1. The topological polar surface area (TPSA) is 113 Å². The monoisotopic (exact) mass is 507 g/mol. The predicted molar refractivity (Wildman–Crippen MR) is 134 cm³/mol. The van der Waals surface area contributed by atoms with Gasteiger partial charge < -0.3 is 10.6 Å². The molecule has 1 aliphatic heterocycles. The van der Waals surface area contributed by atoms with Gasteiger partial charge in [-0.15, -0.1) is 11.3 Å². The van der Waals surface area contributed by atoms with Gasteiger partial charge in [-0.05, 0) is 49.1 Å². The van der Waals surface area contributed by atoms with Gasteiger partial charge in [0.15, 0.2) is 5.78 Å². The molecular formula is C24H33N3O5S2. The molecule has 2 N–H and O–H groups in total. The van der Waals surface area contributed by atoms with Crippen LogP contribution in [-0.2, 0) is 19.6 Å². The van der Waals surface area contributed by atoms with E-state index in [1.807, 2.05) is 38.1 Å². The summed E-state index contributed by atoms with van der Waals surface area (Å²) in [7, 11) is -3.49. The number of thiophene rings is 1. The van der Waals surface area contributed by atoms with Crippen molar-refractivity contribution in [2.24, 2.45) is 5.92 Å². The van der Waals surface area contributed by atoms with E-state index in [9.17, 15) is 22.8 Å². The van der Waals surface area contributed by atoms with Gasteiger partial charge in [-0.3, -0.25) is 14.4 Å². The number of rotatable bonds is 9. The lowest BCUT2D eigenvalue weighted by molar-refractivity contribution is -0.129. The highest BCUT2D eigenvalue weighted by Gasteiger charge is 2.33. The largest absolute Gasteiger partial charge is 0.344 e. The lowest BCUT2D eigenvalue weighted by Crippen LogP contribution is -2.52. The molecule has 3 rings (SSSR count). The third-order valence-corrected chi connectivity index (χ3v) is 8.91. The summed E-state index contributed by atoms with van der Waals surface area (Å²) in [6.45, 7) is 5.72. The van der Waals surface area contributed by atoms with E-state index in [0.29, 0.717) is 30.6 Å². The van der Waals surface area contributed by atoms with Crippen LogP contribution in [-0.4, -0.2) is 61.2 Å². The number of ketones is 1. The zero-order chi connectivity index (χ0) is 24.9. The zero-order valence-electron chi connectivity index (χ0n) is 19.9. The van der Waals surface area contributed by atoms with Gasteiger partial charge in [0, 0.05) is 11.2 Å². The molecule has 0 spiro atoms. The fraction of sp³-hybridized carbons (Fsp3) is 0.542. The van der Waals surface area contributed by atoms with Crippen LogP contribution in [0.3, 0.4) is 0 Å². The average Bonchev–Trinajstić information content (AvgIpc) is 3.12. The zero-order valence-corrected chi connectivity index (χ0v) is 21.5. The highest BCUT2D eigenvalue weighted by atomic mass is 32.2. The molecule has 2 aromatic rings. The second-order valence-corrected chi connectivity index (χ2v) is 12.3. The first-order chi connectivity index (χ1) is 16.1. The van der Waals surface area contributed by atoms with Crippen LogP contribution in [0.2, 0.25) is 0 Å². The van der Waals surface area contributed by atoms with Crippen LogP contribution in [0.1, 0.15) is 56.1 Å². The molecule has 1 unspecified atom stereocenters. The molecule has 1 aromatic carbocycles. The van der Waals surface area contributed by atoms with Crippen molar-refractivity contribution in [2.45, 2.75) is 58.5 Å². The Morgan fingerprint density at radius 1 is 1.24 bits per heavy atom. The van der Waals surface area contributed by atoms with E-state index in [1.54, 1.807) is 13.0 Å². The summed E-state index contributed by atoms with van der Waals surface area (Å²) in [5, 5.41) is 6.58.